The number of nitrogens with zero attached hydrogens (tertiary/aromatic N) is 4. The van der Waals surface area contributed by atoms with E-state index in [0.717, 1.165) is 22.4 Å². The zero-order valence-corrected chi connectivity index (χ0v) is 22.4. The number of methoxy groups -OCH3 is 2. The lowest BCUT2D eigenvalue weighted by Gasteiger charge is -2.11. The van der Waals surface area contributed by atoms with Crippen molar-refractivity contribution < 1.29 is 14.3 Å². The minimum Gasteiger partial charge on any atom is -0.493 e. The third-order valence-corrected chi connectivity index (χ3v) is 6.69. The zero-order valence-electron chi connectivity index (χ0n) is 20.9. The Morgan fingerprint density at radius 3 is 2.38 bits per heavy atom. The van der Waals surface area contributed by atoms with Crippen LogP contribution in [0.4, 0.5) is 0 Å². The maximum Gasteiger partial charge on any atom is 0.250 e. The van der Waals surface area contributed by atoms with Crippen LogP contribution in [0.5, 0.6) is 11.5 Å². The number of amides is 1. The molecule has 1 amide bonds. The summed E-state index contributed by atoms with van der Waals surface area (Å²) >= 11 is 7.35. The van der Waals surface area contributed by atoms with E-state index < -0.39 is 0 Å². The molecule has 4 aromatic rings. The maximum absolute atomic E-state index is 12.6. The van der Waals surface area contributed by atoms with Crippen LogP contribution in [0.3, 0.4) is 0 Å². The lowest BCUT2D eigenvalue weighted by atomic mass is 10.1. The van der Waals surface area contributed by atoms with Gasteiger partial charge in [0.2, 0.25) is 0 Å². The maximum atomic E-state index is 12.6. The first-order chi connectivity index (χ1) is 17.9. The molecule has 8 nitrogen and oxygen atoms in total. The molecule has 0 saturated heterocycles. The first kappa shape index (κ1) is 26.2. The summed E-state index contributed by atoms with van der Waals surface area (Å²) in [6, 6.07) is 20.9. The van der Waals surface area contributed by atoms with Gasteiger partial charge in [-0.05, 0) is 68.4 Å². The third kappa shape index (κ3) is 6.31. The van der Waals surface area contributed by atoms with E-state index in [2.05, 4.69) is 20.7 Å². The summed E-state index contributed by atoms with van der Waals surface area (Å²) in [5.41, 5.74) is 6.95. The lowest BCUT2D eigenvalue weighted by Crippen LogP contribution is -2.21. The van der Waals surface area contributed by atoms with E-state index >= 15 is 0 Å². The number of hydrazone groups is 1. The van der Waals surface area contributed by atoms with E-state index in [0.29, 0.717) is 33.2 Å². The fourth-order valence-electron chi connectivity index (χ4n) is 3.51. The molecule has 0 saturated carbocycles. The summed E-state index contributed by atoms with van der Waals surface area (Å²) in [4.78, 5) is 12.6. The Bertz CT molecular complexity index is 1420. The molecule has 0 unspecified atom stereocenters. The molecule has 0 spiro atoms. The molecule has 1 heterocycles. The molecule has 3 aromatic carbocycles. The Morgan fingerprint density at radius 2 is 1.70 bits per heavy atom. The highest BCUT2D eigenvalue weighted by Gasteiger charge is 2.17. The van der Waals surface area contributed by atoms with Gasteiger partial charge in [0.1, 0.15) is 0 Å². The van der Waals surface area contributed by atoms with Crippen LogP contribution in [0.25, 0.3) is 17.1 Å². The second-order valence-electron chi connectivity index (χ2n) is 8.07. The van der Waals surface area contributed by atoms with Crippen molar-refractivity contribution in [3.63, 3.8) is 0 Å². The first-order valence-electron chi connectivity index (χ1n) is 11.4. The van der Waals surface area contributed by atoms with E-state index in [1.165, 1.54) is 11.8 Å². The number of benzene rings is 3. The van der Waals surface area contributed by atoms with Crippen LogP contribution in [0, 0.1) is 6.92 Å². The van der Waals surface area contributed by atoms with E-state index in [1.54, 1.807) is 33.3 Å². The van der Waals surface area contributed by atoms with Gasteiger partial charge in [0.15, 0.2) is 22.5 Å². The second-order valence-corrected chi connectivity index (χ2v) is 9.45. The summed E-state index contributed by atoms with van der Waals surface area (Å²) in [7, 11) is 3.15. The monoisotopic (exact) mass is 535 g/mol. The number of ether oxygens (including phenoxy) is 2. The van der Waals surface area contributed by atoms with Gasteiger partial charge < -0.3 is 9.47 Å². The van der Waals surface area contributed by atoms with Crippen LogP contribution in [0.15, 0.2) is 77.0 Å². The van der Waals surface area contributed by atoms with Crippen molar-refractivity contribution in [2.75, 3.05) is 20.0 Å². The van der Waals surface area contributed by atoms with Gasteiger partial charge >= 0.3 is 0 Å². The summed E-state index contributed by atoms with van der Waals surface area (Å²) in [5, 5.41) is 14.2. The summed E-state index contributed by atoms with van der Waals surface area (Å²) < 4.78 is 12.5. The van der Waals surface area contributed by atoms with Crippen molar-refractivity contribution in [3.8, 4) is 28.6 Å². The van der Waals surface area contributed by atoms with Crippen molar-refractivity contribution in [3.05, 3.63) is 82.9 Å². The Morgan fingerprint density at radius 1 is 1.00 bits per heavy atom. The van der Waals surface area contributed by atoms with Gasteiger partial charge in [-0.2, -0.15) is 5.10 Å². The summed E-state index contributed by atoms with van der Waals surface area (Å²) in [6.07, 6.45) is 0. The average molecular weight is 536 g/mol. The lowest BCUT2D eigenvalue weighted by molar-refractivity contribution is -0.118. The molecule has 0 aliphatic heterocycles. The Labute approximate surface area is 224 Å². The molecule has 0 atom stereocenters. The smallest absolute Gasteiger partial charge is 0.250 e. The minimum absolute atomic E-state index is 0.104. The molecular weight excluding hydrogens is 510 g/mol. The van der Waals surface area contributed by atoms with Crippen LogP contribution >= 0.6 is 23.4 Å². The Hall–Kier alpha value is -3.82. The number of hydrogen-bond donors (Lipinski definition) is 1. The molecule has 0 fully saturated rings. The topological polar surface area (TPSA) is 90.6 Å². The number of aromatic nitrogens is 3. The van der Waals surface area contributed by atoms with Gasteiger partial charge in [-0.3, -0.25) is 9.36 Å². The molecule has 0 aliphatic carbocycles. The van der Waals surface area contributed by atoms with Gasteiger partial charge in [0.05, 0.1) is 25.7 Å². The highest BCUT2D eigenvalue weighted by molar-refractivity contribution is 7.99. The normalized spacial score (nSPS) is 11.3. The number of halogens is 1. The Kier molecular flexibility index (Phi) is 8.47. The minimum atomic E-state index is -0.267. The van der Waals surface area contributed by atoms with Crippen LogP contribution in [-0.4, -0.2) is 46.4 Å². The van der Waals surface area contributed by atoms with E-state index in [1.807, 2.05) is 66.1 Å². The molecule has 0 radical (unpaired) electrons. The van der Waals surface area contributed by atoms with Crippen molar-refractivity contribution in [2.45, 2.75) is 19.0 Å². The summed E-state index contributed by atoms with van der Waals surface area (Å²) in [5.74, 6) is 1.70. The molecule has 0 bridgehead atoms. The molecule has 37 heavy (non-hydrogen) atoms. The number of carbonyl (C=O) groups excluding carboxylic acids is 1. The number of nitrogens with one attached hydrogen (secondary N) is 1. The fraction of sp³-hybridized carbons (Fsp3) is 0.185. The molecule has 190 valence electrons. The third-order valence-electron chi connectivity index (χ3n) is 5.51. The molecule has 10 heteroatoms. The number of carbonyl (C=O) groups is 1. The van der Waals surface area contributed by atoms with Gasteiger partial charge in [-0.1, -0.05) is 41.1 Å². The van der Waals surface area contributed by atoms with Crippen molar-refractivity contribution in [2.24, 2.45) is 5.10 Å². The van der Waals surface area contributed by atoms with Gasteiger partial charge in [0, 0.05) is 21.8 Å². The van der Waals surface area contributed by atoms with Gasteiger partial charge in [0.25, 0.3) is 5.91 Å². The van der Waals surface area contributed by atoms with Crippen LogP contribution in [0.1, 0.15) is 18.1 Å². The predicted molar refractivity (Wildman–Crippen MR) is 147 cm³/mol. The predicted octanol–water partition coefficient (Wildman–Crippen LogP) is 5.55. The second kappa shape index (κ2) is 11.9. The number of rotatable bonds is 9. The zero-order chi connectivity index (χ0) is 26.4. The van der Waals surface area contributed by atoms with Gasteiger partial charge in [-0.25, -0.2) is 5.43 Å². The molecule has 1 N–H and O–H groups in total. The van der Waals surface area contributed by atoms with Crippen LogP contribution in [0.2, 0.25) is 5.02 Å². The quantitative estimate of drug-likeness (QED) is 0.172. The highest BCUT2D eigenvalue weighted by Crippen LogP contribution is 2.29. The van der Waals surface area contributed by atoms with Crippen LogP contribution < -0.4 is 14.9 Å². The Balaban J connectivity index is 1.51. The van der Waals surface area contributed by atoms with Crippen molar-refractivity contribution in [1.82, 2.24) is 20.2 Å². The first-order valence-corrected chi connectivity index (χ1v) is 12.7. The largest absolute Gasteiger partial charge is 0.493 e. The van der Waals surface area contributed by atoms with Crippen LogP contribution in [-0.2, 0) is 4.79 Å². The molecular formula is C27H26ClN5O3S. The van der Waals surface area contributed by atoms with E-state index in [9.17, 15) is 4.79 Å². The van der Waals surface area contributed by atoms with E-state index in [4.69, 9.17) is 21.1 Å². The standard InChI is InChI=1S/C27H26ClN5O3S/c1-17-5-12-22(13-6-17)33-26(19-7-10-21(28)11-8-19)31-32-27(33)37-16-25(34)30-29-18(2)20-9-14-23(35-3)24(15-20)36-4/h5-15H,16H2,1-4H3,(H,30,34). The average Bonchev–Trinajstić information content (AvgIpc) is 3.34. The van der Waals surface area contributed by atoms with Crippen molar-refractivity contribution >= 4 is 35.0 Å². The molecule has 0 aliphatic rings. The number of thioether (sulfide) groups is 1. The van der Waals surface area contributed by atoms with Gasteiger partial charge in [-0.15, -0.1) is 10.2 Å². The van der Waals surface area contributed by atoms with E-state index in [-0.39, 0.29) is 11.7 Å². The molecule has 4 rings (SSSR count). The summed E-state index contributed by atoms with van der Waals surface area (Å²) in [6.45, 7) is 3.83. The molecule has 1 aromatic heterocycles. The fourth-order valence-corrected chi connectivity index (χ4v) is 4.38. The highest BCUT2D eigenvalue weighted by atomic mass is 35.5. The number of aryl methyl sites for hydroxylation is 1. The SMILES string of the molecule is COc1ccc(C(C)=NNC(=O)CSc2nnc(-c3ccc(Cl)cc3)n2-c2ccc(C)cc2)cc1OC. The number of hydrogen-bond acceptors (Lipinski definition) is 7. The van der Waals surface area contributed by atoms with Crippen molar-refractivity contribution in [1.29, 1.82) is 0 Å².